The van der Waals surface area contributed by atoms with E-state index in [4.69, 9.17) is 10.3 Å². The smallest absolute Gasteiger partial charge is 0.232 e. The molecule has 0 spiro atoms. The number of nitrogens with two attached hydrogens (primary N) is 1. The van der Waals surface area contributed by atoms with E-state index in [2.05, 4.69) is 44.8 Å². The maximum Gasteiger partial charge on any atom is 0.232 e. The lowest BCUT2D eigenvalue weighted by Gasteiger charge is -2.35. The van der Waals surface area contributed by atoms with Gasteiger partial charge in [-0.15, -0.1) is 12.4 Å². The number of aromatic nitrogens is 2. The van der Waals surface area contributed by atoms with E-state index in [9.17, 15) is 0 Å². The van der Waals surface area contributed by atoms with Gasteiger partial charge in [0.05, 0.1) is 5.54 Å². The molecule has 5 heteroatoms. The van der Waals surface area contributed by atoms with Gasteiger partial charge in [0, 0.05) is 5.41 Å². The number of hydrogen-bond acceptors (Lipinski definition) is 4. The molecule has 19 heavy (non-hydrogen) atoms. The van der Waals surface area contributed by atoms with Crippen LogP contribution in [0.4, 0.5) is 0 Å². The third-order valence-electron chi connectivity index (χ3n) is 4.78. The largest absolute Gasteiger partial charge is 0.339 e. The Labute approximate surface area is 121 Å². The van der Waals surface area contributed by atoms with Crippen molar-refractivity contribution in [1.82, 2.24) is 10.1 Å². The summed E-state index contributed by atoms with van der Waals surface area (Å²) in [4.78, 5) is 4.60. The van der Waals surface area contributed by atoms with E-state index in [1.807, 2.05) is 0 Å². The fourth-order valence-corrected chi connectivity index (χ4v) is 2.23. The van der Waals surface area contributed by atoms with Crippen molar-refractivity contribution in [2.24, 2.45) is 11.1 Å². The Bertz CT molecular complexity index is 428. The van der Waals surface area contributed by atoms with Crippen molar-refractivity contribution in [3.8, 4) is 0 Å². The molecule has 0 radical (unpaired) electrons. The van der Waals surface area contributed by atoms with Gasteiger partial charge in [0.2, 0.25) is 5.89 Å². The number of nitrogens with zero attached hydrogens (tertiary/aromatic N) is 2. The summed E-state index contributed by atoms with van der Waals surface area (Å²) < 4.78 is 5.49. The summed E-state index contributed by atoms with van der Waals surface area (Å²) in [5.41, 5.74) is 5.90. The molecule has 1 saturated carbocycles. The quantitative estimate of drug-likeness (QED) is 0.903. The van der Waals surface area contributed by atoms with E-state index in [-0.39, 0.29) is 28.8 Å². The Morgan fingerprint density at radius 3 is 2.11 bits per heavy atom. The summed E-state index contributed by atoms with van der Waals surface area (Å²) in [6, 6.07) is 0. The molecule has 1 aromatic rings. The Hall–Kier alpha value is -0.610. The van der Waals surface area contributed by atoms with Crippen LogP contribution in [0.2, 0.25) is 0 Å². The normalized spacial score (nSPS) is 19.3. The monoisotopic (exact) mass is 287 g/mol. The number of hydrogen-bond donors (Lipinski definition) is 1. The minimum atomic E-state index is -0.365. The molecule has 0 aliphatic heterocycles. The Balaban J connectivity index is 0.00000180. The molecule has 1 aliphatic carbocycles. The van der Waals surface area contributed by atoms with Crippen molar-refractivity contribution in [3.05, 3.63) is 11.7 Å². The molecule has 2 N–H and O–H groups in total. The van der Waals surface area contributed by atoms with Crippen LogP contribution < -0.4 is 5.73 Å². The molecule has 0 amide bonds. The lowest BCUT2D eigenvalue weighted by molar-refractivity contribution is 0.168. The van der Waals surface area contributed by atoms with E-state index in [0.29, 0.717) is 11.7 Å². The van der Waals surface area contributed by atoms with Crippen molar-refractivity contribution in [1.29, 1.82) is 0 Å². The van der Waals surface area contributed by atoms with Crippen molar-refractivity contribution < 1.29 is 4.52 Å². The Kier molecular flexibility index (Phi) is 4.38. The first-order chi connectivity index (χ1) is 8.17. The van der Waals surface area contributed by atoms with Gasteiger partial charge in [-0.05, 0) is 18.3 Å². The molecule has 0 atom stereocenters. The zero-order chi connectivity index (χ0) is 13.6. The Morgan fingerprint density at radius 1 is 1.11 bits per heavy atom. The van der Waals surface area contributed by atoms with Gasteiger partial charge in [-0.1, -0.05) is 52.6 Å². The highest BCUT2D eigenvalue weighted by Crippen LogP contribution is 2.41. The van der Waals surface area contributed by atoms with Gasteiger partial charge < -0.3 is 10.3 Å². The first-order valence-corrected chi connectivity index (χ1v) is 6.80. The highest BCUT2D eigenvalue weighted by molar-refractivity contribution is 5.85. The molecule has 1 fully saturated rings. The second-order valence-electron chi connectivity index (χ2n) is 7.16. The molecule has 1 heterocycles. The lowest BCUT2D eigenvalue weighted by atomic mass is 9.69. The van der Waals surface area contributed by atoms with Crippen molar-refractivity contribution in [2.45, 2.75) is 71.3 Å². The van der Waals surface area contributed by atoms with Crippen LogP contribution in [0.5, 0.6) is 0 Å². The van der Waals surface area contributed by atoms with Gasteiger partial charge in [0.25, 0.3) is 0 Å². The first-order valence-electron chi connectivity index (χ1n) is 6.80. The maximum atomic E-state index is 6.36. The molecule has 110 valence electrons. The molecule has 2 rings (SSSR count). The topological polar surface area (TPSA) is 64.9 Å². The molecule has 4 nitrogen and oxygen atoms in total. The van der Waals surface area contributed by atoms with E-state index < -0.39 is 0 Å². The van der Waals surface area contributed by atoms with Crippen molar-refractivity contribution in [2.75, 3.05) is 0 Å². The minimum absolute atomic E-state index is 0. The van der Waals surface area contributed by atoms with E-state index >= 15 is 0 Å². The average molecular weight is 288 g/mol. The second kappa shape index (κ2) is 5.06. The fraction of sp³-hybridized carbons (Fsp3) is 0.857. The molecule has 1 aliphatic rings. The molecule has 1 aromatic heterocycles. The van der Waals surface area contributed by atoms with Crippen molar-refractivity contribution >= 4 is 12.4 Å². The van der Waals surface area contributed by atoms with Crippen LogP contribution in [0, 0.1) is 5.41 Å². The first kappa shape index (κ1) is 16.4. The fourth-order valence-electron chi connectivity index (χ4n) is 2.23. The van der Waals surface area contributed by atoms with Crippen molar-refractivity contribution in [3.63, 3.8) is 0 Å². The van der Waals surface area contributed by atoms with Gasteiger partial charge in [-0.3, -0.25) is 0 Å². The highest BCUT2D eigenvalue weighted by Gasteiger charge is 2.42. The van der Waals surface area contributed by atoms with Gasteiger partial charge >= 0.3 is 0 Å². The summed E-state index contributed by atoms with van der Waals surface area (Å²) in [6.07, 6.45) is 4.23. The van der Waals surface area contributed by atoms with E-state index in [1.165, 1.54) is 0 Å². The number of halogens is 1. The van der Waals surface area contributed by atoms with Crippen LogP contribution in [0.25, 0.3) is 0 Å². The lowest BCUT2D eigenvalue weighted by Crippen LogP contribution is -2.36. The van der Waals surface area contributed by atoms with Crippen LogP contribution in [-0.4, -0.2) is 10.1 Å². The van der Waals surface area contributed by atoms with Gasteiger partial charge in [-0.25, -0.2) is 0 Å². The molecule has 0 bridgehead atoms. The zero-order valence-corrected chi connectivity index (χ0v) is 13.4. The van der Waals surface area contributed by atoms with Gasteiger partial charge in [-0.2, -0.15) is 4.98 Å². The highest BCUT2D eigenvalue weighted by atomic mass is 35.5. The third kappa shape index (κ3) is 2.79. The van der Waals surface area contributed by atoms with Crippen LogP contribution in [0.3, 0.4) is 0 Å². The minimum Gasteiger partial charge on any atom is -0.339 e. The summed E-state index contributed by atoms with van der Waals surface area (Å²) in [5.74, 6) is 1.38. The van der Waals surface area contributed by atoms with Crippen LogP contribution in [-0.2, 0) is 11.0 Å². The van der Waals surface area contributed by atoms with E-state index in [1.54, 1.807) is 0 Å². The molecular weight excluding hydrogens is 262 g/mol. The predicted octanol–water partition coefficient (Wildman–Crippen LogP) is 3.54. The molecule has 0 unspecified atom stereocenters. The SMILES string of the molecule is CC(C)(C)C(C)(C)c1nc(C2(N)CCCC2)no1.Cl. The van der Waals surface area contributed by atoms with E-state index in [0.717, 1.165) is 25.7 Å². The molecular formula is C14H26ClN3O. The molecule has 0 aromatic carbocycles. The summed E-state index contributed by atoms with van der Waals surface area (Å²) in [5, 5.41) is 4.14. The summed E-state index contributed by atoms with van der Waals surface area (Å²) >= 11 is 0. The van der Waals surface area contributed by atoms with Gasteiger partial charge in [0.1, 0.15) is 0 Å². The standard InChI is InChI=1S/C14H25N3O.ClH/c1-12(2,3)13(4,5)11-16-10(17-18-11)14(15)8-6-7-9-14;/h6-9,15H2,1-5H3;1H. The van der Waals surface area contributed by atoms with Gasteiger partial charge in [0.15, 0.2) is 5.82 Å². The molecule has 0 saturated heterocycles. The average Bonchev–Trinajstić information content (AvgIpc) is 2.84. The second-order valence-corrected chi connectivity index (χ2v) is 7.16. The number of rotatable bonds is 2. The Morgan fingerprint density at radius 2 is 1.63 bits per heavy atom. The van der Waals surface area contributed by atoms with Crippen LogP contribution >= 0.6 is 12.4 Å². The summed E-state index contributed by atoms with van der Waals surface area (Å²) in [7, 11) is 0. The summed E-state index contributed by atoms with van der Waals surface area (Å²) in [6.45, 7) is 10.8. The maximum absolute atomic E-state index is 6.36. The zero-order valence-electron chi connectivity index (χ0n) is 12.6. The third-order valence-corrected chi connectivity index (χ3v) is 4.78. The van der Waals surface area contributed by atoms with Crippen LogP contribution in [0.15, 0.2) is 4.52 Å². The van der Waals surface area contributed by atoms with Crippen LogP contribution in [0.1, 0.15) is 72.0 Å². The predicted molar refractivity (Wildman–Crippen MR) is 78.4 cm³/mol.